The average molecular weight is 475 g/mol. The van der Waals surface area contributed by atoms with E-state index >= 15 is 0 Å². The van der Waals surface area contributed by atoms with Gasteiger partial charge in [0.05, 0.1) is 12.1 Å². The van der Waals surface area contributed by atoms with Gasteiger partial charge in [-0.3, -0.25) is 4.79 Å². The fraction of sp³-hybridized carbons (Fsp3) is 0.188. The van der Waals surface area contributed by atoms with Crippen molar-refractivity contribution in [2.24, 2.45) is 11.0 Å². The Kier molecular flexibility index (Phi) is 6.68. The summed E-state index contributed by atoms with van der Waals surface area (Å²) in [5.41, 5.74) is 9.24. The molecule has 0 heterocycles. The van der Waals surface area contributed by atoms with E-state index in [1.54, 1.807) is 6.21 Å². The smallest absolute Gasteiger partial charge is 0.244 e. The Morgan fingerprint density at radius 3 is 2.14 bits per heavy atom. The lowest BCUT2D eigenvalue weighted by Gasteiger charge is -2.19. The van der Waals surface area contributed by atoms with Crippen molar-refractivity contribution in [2.45, 2.75) is 32.3 Å². The highest BCUT2D eigenvalue weighted by Crippen LogP contribution is 2.59. The van der Waals surface area contributed by atoms with Crippen LogP contribution in [-0.2, 0) is 16.8 Å². The Morgan fingerprint density at radius 1 is 0.889 bits per heavy atom. The van der Waals surface area contributed by atoms with Crippen LogP contribution >= 0.6 is 0 Å². The second kappa shape index (κ2) is 10.2. The van der Waals surface area contributed by atoms with Gasteiger partial charge >= 0.3 is 0 Å². The van der Waals surface area contributed by atoms with Crippen LogP contribution in [0.3, 0.4) is 0 Å². The summed E-state index contributed by atoms with van der Waals surface area (Å²) >= 11 is 0. The van der Waals surface area contributed by atoms with Crippen molar-refractivity contribution in [3.63, 3.8) is 0 Å². The lowest BCUT2D eigenvalue weighted by atomic mass is 9.84. The van der Waals surface area contributed by atoms with Crippen LogP contribution < -0.4 is 10.2 Å². The Hall–Kier alpha value is -4.18. The topological polar surface area (TPSA) is 50.7 Å². The first-order valence-electron chi connectivity index (χ1n) is 12.3. The summed E-state index contributed by atoms with van der Waals surface area (Å²) in [6.45, 7) is 4.70. The standard InChI is InChI=1S/C32H30N2O2/c1-23-8-6-12-27(18-23)32(28-13-7-9-24(2)19-28)20-30(32)31(35)34-33-21-25-14-16-29(17-15-25)36-22-26-10-4-3-5-11-26/h3-19,21,30H,20,22H2,1-2H3,(H,34,35)/b33-21+. The Bertz CT molecular complexity index is 1330. The molecule has 1 aliphatic carbocycles. The number of aryl methyl sites for hydroxylation is 2. The van der Waals surface area contributed by atoms with Crippen molar-refractivity contribution in [2.75, 3.05) is 0 Å². The SMILES string of the molecule is Cc1cccc(C2(c3cccc(C)c3)CC2C(=O)N/N=C/c2ccc(OCc3ccccc3)cc2)c1. The van der Waals surface area contributed by atoms with Crippen molar-refractivity contribution in [3.05, 3.63) is 137 Å². The molecular formula is C32H30N2O2. The third kappa shape index (κ3) is 5.08. The highest BCUT2D eigenvalue weighted by Gasteiger charge is 2.60. The average Bonchev–Trinajstić information content (AvgIpc) is 3.66. The fourth-order valence-electron chi connectivity index (χ4n) is 4.87. The summed E-state index contributed by atoms with van der Waals surface area (Å²) in [5, 5.41) is 4.25. The number of carbonyl (C=O) groups is 1. The molecule has 0 spiro atoms. The first-order valence-corrected chi connectivity index (χ1v) is 12.3. The Morgan fingerprint density at radius 2 is 1.53 bits per heavy atom. The number of nitrogens with zero attached hydrogens (tertiary/aromatic N) is 1. The Balaban J connectivity index is 1.24. The summed E-state index contributed by atoms with van der Waals surface area (Å²) in [6.07, 6.45) is 2.44. The third-order valence-electron chi connectivity index (χ3n) is 6.86. The van der Waals surface area contributed by atoms with Gasteiger partial charge in [-0.1, -0.05) is 90.0 Å². The van der Waals surface area contributed by atoms with E-state index in [4.69, 9.17) is 4.74 Å². The normalized spacial score (nSPS) is 16.0. The number of ether oxygens (including phenoxy) is 1. The van der Waals surface area contributed by atoms with Gasteiger partial charge in [0.15, 0.2) is 0 Å². The maximum Gasteiger partial charge on any atom is 0.244 e. The van der Waals surface area contributed by atoms with Crippen LogP contribution in [0.4, 0.5) is 0 Å². The van der Waals surface area contributed by atoms with E-state index in [0.717, 1.165) is 23.3 Å². The first kappa shape index (κ1) is 23.6. The second-order valence-corrected chi connectivity index (χ2v) is 9.54. The molecule has 1 saturated carbocycles. The van der Waals surface area contributed by atoms with Gasteiger partial charge in [0, 0.05) is 5.41 Å². The molecular weight excluding hydrogens is 444 g/mol. The second-order valence-electron chi connectivity index (χ2n) is 9.54. The molecule has 180 valence electrons. The van der Waals surface area contributed by atoms with E-state index in [2.05, 4.69) is 72.9 Å². The highest BCUT2D eigenvalue weighted by atomic mass is 16.5. The van der Waals surface area contributed by atoms with E-state index in [1.165, 1.54) is 22.3 Å². The summed E-state index contributed by atoms with van der Waals surface area (Å²) in [7, 11) is 0. The van der Waals surface area contributed by atoms with Crippen molar-refractivity contribution in [3.8, 4) is 5.75 Å². The monoisotopic (exact) mass is 474 g/mol. The molecule has 4 aromatic rings. The van der Waals surface area contributed by atoms with Gasteiger partial charge in [-0.15, -0.1) is 0 Å². The summed E-state index contributed by atoms with van der Waals surface area (Å²) in [5.74, 6) is 0.572. The summed E-state index contributed by atoms with van der Waals surface area (Å²) in [4.78, 5) is 13.2. The van der Waals surface area contributed by atoms with Crippen LogP contribution in [-0.4, -0.2) is 12.1 Å². The van der Waals surface area contributed by atoms with Crippen LogP contribution in [0, 0.1) is 19.8 Å². The van der Waals surface area contributed by atoms with E-state index in [0.29, 0.717) is 6.61 Å². The molecule has 1 N–H and O–H groups in total. The molecule has 1 aliphatic rings. The number of hydrogen-bond donors (Lipinski definition) is 1. The number of benzene rings is 4. The number of rotatable bonds is 8. The van der Waals surface area contributed by atoms with E-state index in [9.17, 15) is 4.79 Å². The molecule has 0 saturated heterocycles. The van der Waals surface area contributed by atoms with Crippen LogP contribution in [0.25, 0.3) is 0 Å². The fourth-order valence-corrected chi connectivity index (χ4v) is 4.87. The molecule has 4 nitrogen and oxygen atoms in total. The van der Waals surface area contributed by atoms with Gasteiger partial charge in [-0.2, -0.15) is 5.10 Å². The molecule has 36 heavy (non-hydrogen) atoms. The van der Waals surface area contributed by atoms with Gasteiger partial charge in [0.1, 0.15) is 12.4 Å². The summed E-state index contributed by atoms with van der Waals surface area (Å²) in [6, 6.07) is 34.7. The van der Waals surface area contributed by atoms with Crippen molar-refractivity contribution in [1.29, 1.82) is 0 Å². The number of amides is 1. The van der Waals surface area contributed by atoms with Crippen molar-refractivity contribution < 1.29 is 9.53 Å². The lowest BCUT2D eigenvalue weighted by Crippen LogP contribution is -2.25. The summed E-state index contributed by atoms with van der Waals surface area (Å²) < 4.78 is 5.84. The number of hydrazone groups is 1. The van der Waals surface area contributed by atoms with Crippen molar-refractivity contribution >= 4 is 12.1 Å². The minimum Gasteiger partial charge on any atom is -0.489 e. The van der Waals surface area contributed by atoms with Crippen LogP contribution in [0.1, 0.15) is 39.8 Å². The maximum absolute atomic E-state index is 13.2. The molecule has 1 atom stereocenters. The Labute approximate surface area is 212 Å². The zero-order valence-corrected chi connectivity index (χ0v) is 20.6. The first-order chi connectivity index (χ1) is 17.5. The lowest BCUT2D eigenvalue weighted by molar-refractivity contribution is -0.122. The van der Waals surface area contributed by atoms with E-state index in [-0.39, 0.29) is 17.2 Å². The molecule has 1 unspecified atom stereocenters. The molecule has 0 radical (unpaired) electrons. The molecule has 5 rings (SSSR count). The van der Waals surface area contributed by atoms with Gasteiger partial charge in [0.25, 0.3) is 0 Å². The molecule has 4 heteroatoms. The van der Waals surface area contributed by atoms with Gasteiger partial charge in [0.2, 0.25) is 5.91 Å². The molecule has 0 bridgehead atoms. The predicted molar refractivity (Wildman–Crippen MR) is 144 cm³/mol. The van der Waals surface area contributed by atoms with E-state index in [1.807, 2.05) is 54.6 Å². The van der Waals surface area contributed by atoms with Crippen LogP contribution in [0.15, 0.2) is 108 Å². The minimum atomic E-state index is -0.310. The maximum atomic E-state index is 13.2. The van der Waals surface area contributed by atoms with Crippen molar-refractivity contribution in [1.82, 2.24) is 5.43 Å². The number of nitrogens with one attached hydrogen (secondary N) is 1. The molecule has 4 aromatic carbocycles. The van der Waals surface area contributed by atoms with Gasteiger partial charge in [-0.25, -0.2) is 5.43 Å². The van der Waals surface area contributed by atoms with Crippen LogP contribution in [0.2, 0.25) is 0 Å². The minimum absolute atomic E-state index is 0.0583. The van der Waals surface area contributed by atoms with Gasteiger partial charge in [-0.05, 0) is 66.8 Å². The number of hydrogen-bond acceptors (Lipinski definition) is 3. The van der Waals surface area contributed by atoms with E-state index < -0.39 is 0 Å². The zero-order chi connectivity index (χ0) is 25.0. The molecule has 1 fully saturated rings. The van der Waals surface area contributed by atoms with Gasteiger partial charge < -0.3 is 4.74 Å². The zero-order valence-electron chi connectivity index (χ0n) is 20.6. The molecule has 1 amide bonds. The molecule has 0 aromatic heterocycles. The van der Waals surface area contributed by atoms with Crippen LogP contribution in [0.5, 0.6) is 5.75 Å². The largest absolute Gasteiger partial charge is 0.489 e. The highest BCUT2D eigenvalue weighted by molar-refractivity contribution is 5.87. The number of carbonyl (C=O) groups excluding carboxylic acids is 1. The predicted octanol–water partition coefficient (Wildman–Crippen LogP) is 6.34. The molecule has 0 aliphatic heterocycles. The third-order valence-corrected chi connectivity index (χ3v) is 6.86. The quantitative estimate of drug-likeness (QED) is 0.239.